The van der Waals surface area contributed by atoms with Crippen molar-refractivity contribution >= 4 is 46.9 Å². The van der Waals surface area contributed by atoms with Gasteiger partial charge >= 0.3 is 5.97 Å². The number of fused-ring (bicyclic) bond motifs is 1. The molecular weight excluding hydrogens is 625 g/mol. The van der Waals surface area contributed by atoms with E-state index in [1.54, 1.807) is 31.2 Å². The molecule has 3 aromatic rings. The highest BCUT2D eigenvalue weighted by molar-refractivity contribution is 6.35. The van der Waals surface area contributed by atoms with Gasteiger partial charge in [0.05, 0.1) is 25.0 Å². The zero-order valence-electron chi connectivity index (χ0n) is 25.8. The quantitative estimate of drug-likeness (QED) is 0.236. The van der Waals surface area contributed by atoms with E-state index in [1.165, 1.54) is 0 Å². The molecule has 2 N–H and O–H groups in total. The minimum absolute atomic E-state index is 0.106. The second-order valence-corrected chi connectivity index (χ2v) is 12.6. The molecule has 242 valence electrons. The molecule has 8 nitrogen and oxygen atoms in total. The topological polar surface area (TPSA) is 105 Å². The van der Waals surface area contributed by atoms with Crippen LogP contribution in [-0.2, 0) is 25.5 Å². The lowest BCUT2D eigenvalue weighted by atomic mass is 9.76. The van der Waals surface area contributed by atoms with Crippen molar-refractivity contribution in [3.05, 3.63) is 105 Å². The van der Waals surface area contributed by atoms with Gasteiger partial charge in [-0.1, -0.05) is 77.8 Å². The zero-order valence-corrected chi connectivity index (χ0v) is 27.4. The molecule has 3 aromatic carbocycles. The molecule has 1 fully saturated rings. The molecule has 46 heavy (non-hydrogen) atoms. The minimum atomic E-state index is -0.716. The molecule has 2 atom stereocenters. The van der Waals surface area contributed by atoms with Gasteiger partial charge in [0, 0.05) is 40.7 Å². The molecule has 1 heterocycles. The summed E-state index contributed by atoms with van der Waals surface area (Å²) in [6.45, 7) is 2.70. The molecule has 0 bridgehead atoms. The van der Waals surface area contributed by atoms with Crippen LogP contribution in [0.25, 0.3) is 0 Å². The summed E-state index contributed by atoms with van der Waals surface area (Å²) < 4.78 is 4.94. The lowest BCUT2D eigenvalue weighted by Gasteiger charge is -2.47. The lowest BCUT2D eigenvalue weighted by Crippen LogP contribution is -2.53. The number of carbonyl (C=O) groups is 4. The molecule has 1 aliphatic heterocycles. The fraction of sp³-hybridized carbons (Fsp3) is 0.389. The van der Waals surface area contributed by atoms with Gasteiger partial charge in [-0.15, -0.1) is 0 Å². The van der Waals surface area contributed by atoms with Crippen LogP contribution in [0.2, 0.25) is 10.0 Å². The van der Waals surface area contributed by atoms with E-state index in [4.69, 9.17) is 27.9 Å². The second-order valence-electron chi connectivity index (χ2n) is 11.8. The van der Waals surface area contributed by atoms with Gasteiger partial charge in [-0.3, -0.25) is 19.2 Å². The zero-order chi connectivity index (χ0) is 32.6. The van der Waals surface area contributed by atoms with Crippen molar-refractivity contribution in [2.45, 2.75) is 63.5 Å². The number of amides is 3. The van der Waals surface area contributed by atoms with Gasteiger partial charge in [0.15, 0.2) is 0 Å². The van der Waals surface area contributed by atoms with Crippen molar-refractivity contribution in [1.29, 1.82) is 0 Å². The molecule has 0 unspecified atom stereocenters. The Morgan fingerprint density at radius 1 is 0.848 bits per heavy atom. The summed E-state index contributed by atoms with van der Waals surface area (Å²) in [6.07, 6.45) is 3.07. The summed E-state index contributed by atoms with van der Waals surface area (Å²) in [5.41, 5.74) is 2.91. The van der Waals surface area contributed by atoms with Crippen LogP contribution in [0.1, 0.15) is 78.0 Å². The Kier molecular flexibility index (Phi) is 11.4. The third-order valence-corrected chi connectivity index (χ3v) is 9.45. The first-order valence-electron chi connectivity index (χ1n) is 15.9. The van der Waals surface area contributed by atoms with Crippen molar-refractivity contribution in [2.75, 3.05) is 19.7 Å². The van der Waals surface area contributed by atoms with E-state index < -0.39 is 12.0 Å². The fourth-order valence-corrected chi connectivity index (χ4v) is 7.19. The average Bonchev–Trinajstić information content (AvgIpc) is 3.05. The first-order valence-corrected chi connectivity index (χ1v) is 16.7. The normalized spacial score (nSPS) is 20.8. The van der Waals surface area contributed by atoms with E-state index in [0.717, 1.165) is 5.56 Å². The molecule has 0 radical (unpaired) electrons. The maximum absolute atomic E-state index is 14.3. The predicted octanol–water partition coefficient (Wildman–Crippen LogP) is 6.26. The number of rotatable bonds is 11. The molecule has 1 aliphatic carbocycles. The first kappa shape index (κ1) is 33.5. The van der Waals surface area contributed by atoms with Gasteiger partial charge in [0.1, 0.15) is 0 Å². The number of nitrogens with one attached hydrogen (secondary N) is 2. The Morgan fingerprint density at radius 3 is 2.26 bits per heavy atom. The number of ether oxygens (including phenoxy) is 1. The van der Waals surface area contributed by atoms with Crippen LogP contribution in [0.5, 0.6) is 0 Å². The maximum Gasteiger partial charge on any atom is 0.307 e. The summed E-state index contributed by atoms with van der Waals surface area (Å²) >= 11 is 13.1. The molecule has 10 heteroatoms. The number of hydrogen-bond donors (Lipinski definition) is 2. The number of benzene rings is 3. The second kappa shape index (κ2) is 15.6. The summed E-state index contributed by atoms with van der Waals surface area (Å²) in [4.78, 5) is 54.9. The van der Waals surface area contributed by atoms with Crippen LogP contribution in [0.3, 0.4) is 0 Å². The largest absolute Gasteiger partial charge is 0.466 e. The molecule has 5 rings (SSSR count). The highest BCUT2D eigenvalue weighted by Gasteiger charge is 2.48. The van der Waals surface area contributed by atoms with Crippen molar-refractivity contribution < 1.29 is 23.9 Å². The van der Waals surface area contributed by atoms with Crippen LogP contribution < -0.4 is 10.6 Å². The van der Waals surface area contributed by atoms with Crippen molar-refractivity contribution in [2.24, 2.45) is 5.92 Å². The van der Waals surface area contributed by atoms with E-state index >= 15 is 0 Å². The third-order valence-electron chi connectivity index (χ3n) is 8.89. The number of carbonyl (C=O) groups excluding carboxylic acids is 4. The van der Waals surface area contributed by atoms with Crippen molar-refractivity contribution in [3.8, 4) is 0 Å². The van der Waals surface area contributed by atoms with Gasteiger partial charge in [-0.2, -0.15) is 0 Å². The van der Waals surface area contributed by atoms with Gasteiger partial charge in [-0.25, -0.2) is 0 Å². The summed E-state index contributed by atoms with van der Waals surface area (Å²) in [5, 5.41) is 6.83. The van der Waals surface area contributed by atoms with E-state index in [0.29, 0.717) is 72.0 Å². The molecule has 0 saturated heterocycles. The number of esters is 1. The number of halogens is 2. The Bertz CT molecular complexity index is 1560. The summed E-state index contributed by atoms with van der Waals surface area (Å²) in [7, 11) is 0. The van der Waals surface area contributed by atoms with Crippen LogP contribution in [0.4, 0.5) is 0 Å². The Labute approximate surface area is 279 Å². The van der Waals surface area contributed by atoms with Crippen LogP contribution >= 0.6 is 23.2 Å². The average molecular weight is 665 g/mol. The van der Waals surface area contributed by atoms with E-state index in [1.807, 2.05) is 53.4 Å². The molecule has 3 amide bonds. The van der Waals surface area contributed by atoms with Crippen LogP contribution in [0, 0.1) is 5.92 Å². The van der Waals surface area contributed by atoms with E-state index in [2.05, 4.69) is 10.6 Å². The predicted molar refractivity (Wildman–Crippen MR) is 178 cm³/mol. The molecule has 0 spiro atoms. The Balaban J connectivity index is 1.40. The lowest BCUT2D eigenvalue weighted by molar-refractivity contribution is -0.143. The highest BCUT2D eigenvalue weighted by Crippen LogP contribution is 2.48. The number of hydrogen-bond acceptors (Lipinski definition) is 5. The molecular formula is C36H39Cl2N3O5. The van der Waals surface area contributed by atoms with Gasteiger partial charge in [0.25, 0.3) is 5.91 Å². The van der Waals surface area contributed by atoms with Crippen molar-refractivity contribution in [3.63, 3.8) is 0 Å². The third kappa shape index (κ3) is 7.73. The van der Waals surface area contributed by atoms with Gasteiger partial charge < -0.3 is 20.3 Å². The van der Waals surface area contributed by atoms with Crippen LogP contribution in [0.15, 0.2) is 72.8 Å². The van der Waals surface area contributed by atoms with Crippen molar-refractivity contribution in [1.82, 2.24) is 15.5 Å². The highest BCUT2D eigenvalue weighted by atomic mass is 35.5. The summed E-state index contributed by atoms with van der Waals surface area (Å²) in [5.74, 6) is -1.76. The van der Waals surface area contributed by atoms with E-state index in [-0.39, 0.29) is 48.6 Å². The Hall–Kier alpha value is -3.88. The maximum atomic E-state index is 14.3. The van der Waals surface area contributed by atoms with E-state index in [9.17, 15) is 19.2 Å². The molecule has 0 aromatic heterocycles. The smallest absolute Gasteiger partial charge is 0.307 e. The molecule has 1 saturated carbocycles. The van der Waals surface area contributed by atoms with Gasteiger partial charge in [0.2, 0.25) is 11.8 Å². The minimum Gasteiger partial charge on any atom is -0.466 e. The standard InChI is InChI=1S/C36H39Cl2N3O5/c1-2-46-31(42)19-21-39-34(43)24-12-15-26(16-13-24)41-33(29-17-14-25(37)22-30(29)38)32(27-10-6-7-11-28(27)36(41)45)35(44)40-20-18-23-8-4-3-5-9-23/h3-11,14,17,22,24,26,32-33H,2,12-13,15-16,18-21H2,1H3,(H,39,43)(H,40,44)/t24?,26?,32-,33+/m1/s1. The van der Waals surface area contributed by atoms with Gasteiger partial charge in [-0.05, 0) is 73.9 Å². The monoisotopic (exact) mass is 663 g/mol. The molecule has 2 aliphatic rings. The fourth-order valence-electron chi connectivity index (χ4n) is 6.67. The van der Waals surface area contributed by atoms with Crippen LogP contribution in [-0.4, -0.2) is 54.3 Å². The Morgan fingerprint density at radius 2 is 1.54 bits per heavy atom. The summed E-state index contributed by atoms with van der Waals surface area (Å²) in [6, 6.07) is 21.5. The SMILES string of the molecule is CCOC(=O)CCNC(=O)C1CCC(N2C(=O)c3ccccc3[C@@H](C(=O)NCCc3ccccc3)[C@@H]2c2ccc(Cl)cc2Cl)CC1. The number of nitrogens with zero attached hydrogens (tertiary/aromatic N) is 1. The first-order chi connectivity index (χ1) is 22.3.